The fourth-order valence-electron chi connectivity index (χ4n) is 2.92. The van der Waals surface area contributed by atoms with Crippen molar-refractivity contribution in [3.05, 3.63) is 29.8 Å². The van der Waals surface area contributed by atoms with E-state index in [1.165, 1.54) is 6.42 Å². The second-order valence-electron chi connectivity index (χ2n) is 5.80. The molecule has 2 rings (SSSR count). The third kappa shape index (κ3) is 4.83. The van der Waals surface area contributed by atoms with Crippen LogP contribution in [-0.4, -0.2) is 46.7 Å². The van der Waals surface area contributed by atoms with Gasteiger partial charge in [0, 0.05) is 24.9 Å². The molecule has 0 unspecified atom stereocenters. The van der Waals surface area contributed by atoms with E-state index in [-0.39, 0.29) is 11.8 Å². The molecule has 1 aromatic carbocycles. The van der Waals surface area contributed by atoms with Gasteiger partial charge in [0.25, 0.3) is 0 Å². The Labute approximate surface area is 137 Å². The van der Waals surface area contributed by atoms with E-state index >= 15 is 0 Å². The molecule has 5 heteroatoms. The van der Waals surface area contributed by atoms with E-state index in [0.29, 0.717) is 17.8 Å². The van der Waals surface area contributed by atoms with E-state index in [2.05, 4.69) is 12.2 Å². The minimum atomic E-state index is 0.0194. The molecular formula is C17H26N2O2S. The van der Waals surface area contributed by atoms with E-state index in [4.69, 9.17) is 0 Å². The van der Waals surface area contributed by atoms with E-state index in [0.717, 1.165) is 30.6 Å². The van der Waals surface area contributed by atoms with Crippen LogP contribution in [0.4, 0.5) is 4.79 Å². The number of carbonyl (C=O) groups excluding carboxylic acids is 1. The van der Waals surface area contributed by atoms with Crippen molar-refractivity contribution in [2.75, 3.05) is 19.3 Å². The van der Waals surface area contributed by atoms with Crippen molar-refractivity contribution >= 4 is 17.8 Å². The molecule has 1 aliphatic rings. The van der Waals surface area contributed by atoms with Gasteiger partial charge in [0.05, 0.1) is 0 Å². The van der Waals surface area contributed by atoms with Crippen LogP contribution in [-0.2, 0) is 6.42 Å². The monoisotopic (exact) mass is 322 g/mol. The van der Waals surface area contributed by atoms with Gasteiger partial charge in [-0.05, 0) is 49.1 Å². The number of hydrogen-bond donors (Lipinski definition) is 2. The van der Waals surface area contributed by atoms with Crippen molar-refractivity contribution in [2.24, 2.45) is 0 Å². The van der Waals surface area contributed by atoms with Crippen LogP contribution in [0.2, 0.25) is 0 Å². The first-order chi connectivity index (χ1) is 10.6. The molecule has 0 heterocycles. The standard InChI is InChI=1S/C17H26N2O2S/c1-3-22-16-9-6-14(12-16)19(2)17(21)18-11-10-13-4-7-15(20)8-5-13/h4-5,7-8,14,16,20H,3,6,9-12H2,1-2H3,(H,18,21)/t14-,16+/m1/s1. The highest BCUT2D eigenvalue weighted by atomic mass is 32.2. The number of thioether (sulfide) groups is 1. The number of nitrogens with one attached hydrogen (secondary N) is 1. The molecule has 22 heavy (non-hydrogen) atoms. The van der Waals surface area contributed by atoms with Crippen LogP contribution in [0.5, 0.6) is 5.75 Å². The Bertz CT molecular complexity index is 478. The maximum atomic E-state index is 12.2. The number of phenols is 1. The Morgan fingerprint density at radius 3 is 2.77 bits per heavy atom. The maximum Gasteiger partial charge on any atom is 0.317 e. The number of nitrogens with zero attached hydrogens (tertiary/aromatic N) is 1. The Kier molecular flexibility index (Phi) is 6.43. The Balaban J connectivity index is 1.71. The molecule has 2 atom stereocenters. The van der Waals surface area contributed by atoms with E-state index in [1.807, 2.05) is 35.8 Å². The largest absolute Gasteiger partial charge is 0.508 e. The Morgan fingerprint density at radius 1 is 1.36 bits per heavy atom. The van der Waals surface area contributed by atoms with Gasteiger partial charge in [-0.2, -0.15) is 11.8 Å². The Hall–Kier alpha value is -1.36. The minimum Gasteiger partial charge on any atom is -0.508 e. The highest BCUT2D eigenvalue weighted by Gasteiger charge is 2.29. The van der Waals surface area contributed by atoms with Gasteiger partial charge in [-0.25, -0.2) is 4.79 Å². The van der Waals surface area contributed by atoms with Crippen LogP contribution >= 0.6 is 11.8 Å². The predicted molar refractivity (Wildman–Crippen MR) is 92.5 cm³/mol. The molecule has 0 saturated heterocycles. The van der Waals surface area contributed by atoms with Gasteiger partial charge < -0.3 is 15.3 Å². The van der Waals surface area contributed by atoms with Crippen molar-refractivity contribution in [3.8, 4) is 5.75 Å². The number of phenolic OH excluding ortho intramolecular Hbond substituents is 1. The summed E-state index contributed by atoms with van der Waals surface area (Å²) in [5.74, 6) is 1.42. The van der Waals surface area contributed by atoms with Crippen LogP contribution in [0.1, 0.15) is 31.7 Å². The maximum absolute atomic E-state index is 12.2. The zero-order chi connectivity index (χ0) is 15.9. The molecule has 0 bridgehead atoms. The van der Waals surface area contributed by atoms with Crippen LogP contribution in [0, 0.1) is 0 Å². The summed E-state index contributed by atoms with van der Waals surface area (Å²) < 4.78 is 0. The summed E-state index contributed by atoms with van der Waals surface area (Å²) in [6.07, 6.45) is 4.22. The van der Waals surface area contributed by atoms with Gasteiger partial charge in [-0.3, -0.25) is 0 Å². The van der Waals surface area contributed by atoms with E-state index < -0.39 is 0 Å². The first kappa shape index (κ1) is 17.0. The lowest BCUT2D eigenvalue weighted by molar-refractivity contribution is 0.191. The van der Waals surface area contributed by atoms with Crippen LogP contribution < -0.4 is 5.32 Å². The number of hydrogen-bond acceptors (Lipinski definition) is 3. The molecule has 2 amide bonds. The summed E-state index contributed by atoms with van der Waals surface area (Å²) in [6, 6.07) is 7.51. The Morgan fingerprint density at radius 2 is 2.09 bits per heavy atom. The number of urea groups is 1. The van der Waals surface area contributed by atoms with E-state index in [1.54, 1.807) is 12.1 Å². The third-order valence-corrected chi connectivity index (χ3v) is 5.49. The highest BCUT2D eigenvalue weighted by molar-refractivity contribution is 7.99. The molecule has 0 aliphatic heterocycles. The summed E-state index contributed by atoms with van der Waals surface area (Å²) >= 11 is 2.01. The molecule has 4 nitrogen and oxygen atoms in total. The molecule has 122 valence electrons. The normalized spacial score (nSPS) is 20.8. The van der Waals surface area contributed by atoms with Gasteiger partial charge in [-0.1, -0.05) is 19.1 Å². The van der Waals surface area contributed by atoms with Gasteiger partial charge in [0.2, 0.25) is 0 Å². The second kappa shape index (κ2) is 8.32. The zero-order valence-electron chi connectivity index (χ0n) is 13.4. The van der Waals surface area contributed by atoms with Crippen LogP contribution in [0.25, 0.3) is 0 Å². The van der Waals surface area contributed by atoms with Crippen molar-refractivity contribution in [1.29, 1.82) is 0 Å². The lowest BCUT2D eigenvalue weighted by Gasteiger charge is -2.25. The quantitative estimate of drug-likeness (QED) is 0.845. The number of benzene rings is 1. The van der Waals surface area contributed by atoms with Gasteiger partial charge in [-0.15, -0.1) is 0 Å². The summed E-state index contributed by atoms with van der Waals surface area (Å²) in [4.78, 5) is 14.1. The summed E-state index contributed by atoms with van der Waals surface area (Å²) in [7, 11) is 1.90. The van der Waals surface area contributed by atoms with Crippen molar-refractivity contribution in [3.63, 3.8) is 0 Å². The summed E-state index contributed by atoms with van der Waals surface area (Å²) in [6.45, 7) is 2.81. The van der Waals surface area contributed by atoms with Crippen molar-refractivity contribution < 1.29 is 9.90 Å². The van der Waals surface area contributed by atoms with Gasteiger partial charge in [0.1, 0.15) is 5.75 Å². The summed E-state index contributed by atoms with van der Waals surface area (Å²) in [5, 5.41) is 12.9. The highest BCUT2D eigenvalue weighted by Crippen LogP contribution is 2.32. The average molecular weight is 322 g/mol. The topological polar surface area (TPSA) is 52.6 Å². The van der Waals surface area contributed by atoms with Gasteiger partial charge >= 0.3 is 6.03 Å². The number of amides is 2. The van der Waals surface area contributed by atoms with Crippen LogP contribution in [0.3, 0.4) is 0 Å². The fraction of sp³-hybridized carbons (Fsp3) is 0.588. The molecule has 1 aromatic rings. The third-order valence-electron chi connectivity index (χ3n) is 4.25. The first-order valence-electron chi connectivity index (χ1n) is 8.00. The lowest BCUT2D eigenvalue weighted by atomic mass is 10.1. The lowest BCUT2D eigenvalue weighted by Crippen LogP contribution is -2.43. The van der Waals surface area contributed by atoms with Crippen molar-refractivity contribution in [1.82, 2.24) is 10.2 Å². The molecule has 1 fully saturated rings. The van der Waals surface area contributed by atoms with E-state index in [9.17, 15) is 9.90 Å². The summed E-state index contributed by atoms with van der Waals surface area (Å²) in [5.41, 5.74) is 1.11. The molecule has 0 aromatic heterocycles. The number of aromatic hydroxyl groups is 1. The van der Waals surface area contributed by atoms with Crippen LogP contribution in [0.15, 0.2) is 24.3 Å². The first-order valence-corrected chi connectivity index (χ1v) is 9.05. The number of rotatable bonds is 6. The molecular weight excluding hydrogens is 296 g/mol. The average Bonchev–Trinajstić information content (AvgIpc) is 2.97. The van der Waals surface area contributed by atoms with Crippen molar-refractivity contribution in [2.45, 2.75) is 43.9 Å². The van der Waals surface area contributed by atoms with Gasteiger partial charge in [0.15, 0.2) is 0 Å². The molecule has 0 spiro atoms. The predicted octanol–water partition coefficient (Wildman–Crippen LogP) is 3.25. The smallest absolute Gasteiger partial charge is 0.317 e. The zero-order valence-corrected chi connectivity index (χ0v) is 14.2. The SMILES string of the molecule is CCS[C@H]1CC[C@@H](N(C)C(=O)NCCc2ccc(O)cc2)C1. The second-order valence-corrected chi connectivity index (χ2v) is 7.38. The number of carbonyl (C=O) groups is 1. The molecule has 0 radical (unpaired) electrons. The molecule has 2 N–H and O–H groups in total. The molecule has 1 aliphatic carbocycles. The minimum absolute atomic E-state index is 0.0194. The fourth-order valence-corrected chi connectivity index (χ4v) is 4.06. The molecule has 1 saturated carbocycles.